The molecule has 5 nitrogen and oxygen atoms in total. The van der Waals surface area contributed by atoms with Gasteiger partial charge in [0.05, 0.1) is 0 Å². The number of aryl methyl sites for hydroxylation is 1. The smallest absolute Gasteiger partial charge is 0.296 e. The second-order valence-corrected chi connectivity index (χ2v) is 5.59. The fourth-order valence-corrected chi connectivity index (χ4v) is 2.52. The highest BCUT2D eigenvalue weighted by Crippen LogP contribution is 2.26. The Kier molecular flexibility index (Phi) is 3.70. The molecule has 0 radical (unpaired) electrons. The Hall–Kier alpha value is -2.95. The van der Waals surface area contributed by atoms with E-state index in [9.17, 15) is 9.59 Å². The largest absolute Gasteiger partial charge is 0.342 e. The fraction of sp³-hybridized carbons (Fsp3) is 0.167. The molecule has 5 heteroatoms. The van der Waals surface area contributed by atoms with Crippen molar-refractivity contribution in [2.24, 2.45) is 0 Å². The predicted octanol–water partition coefficient (Wildman–Crippen LogP) is 2.58. The lowest BCUT2D eigenvalue weighted by molar-refractivity contribution is -0.124. The first-order valence-electron chi connectivity index (χ1n) is 7.29. The van der Waals surface area contributed by atoms with E-state index in [1.165, 1.54) is 4.90 Å². The molecule has 3 rings (SSSR count). The molecule has 0 aliphatic heterocycles. The number of carbonyl (C=O) groups is 2. The zero-order valence-corrected chi connectivity index (χ0v) is 13.3. The van der Waals surface area contributed by atoms with Crippen molar-refractivity contribution in [1.29, 1.82) is 0 Å². The van der Waals surface area contributed by atoms with Gasteiger partial charge in [-0.25, -0.2) is 4.98 Å². The standard InChI is InChI=1S/C18H17N3O2/c1-12-8-7-11-21-15(16(22)18(23)20(2)3)14(19-17(12)21)13-9-5-4-6-10-13/h4-11H,1-3H3. The zero-order valence-electron chi connectivity index (χ0n) is 13.3. The third kappa shape index (κ3) is 2.50. The van der Waals surface area contributed by atoms with Gasteiger partial charge in [-0.05, 0) is 18.6 Å². The Bertz CT molecular complexity index is 895. The van der Waals surface area contributed by atoms with Crippen LogP contribution in [0.3, 0.4) is 0 Å². The van der Waals surface area contributed by atoms with Gasteiger partial charge in [0.2, 0.25) is 0 Å². The van der Waals surface area contributed by atoms with Crippen molar-refractivity contribution in [3.05, 3.63) is 59.9 Å². The SMILES string of the molecule is Cc1cccn2c(C(=O)C(=O)N(C)C)c(-c3ccccc3)nc12. The van der Waals surface area contributed by atoms with Gasteiger partial charge in [-0.3, -0.25) is 14.0 Å². The maximum atomic E-state index is 12.7. The Morgan fingerprint density at radius 1 is 1.04 bits per heavy atom. The minimum atomic E-state index is -0.564. The Labute approximate surface area is 134 Å². The zero-order chi connectivity index (χ0) is 16.6. The molecule has 0 aliphatic rings. The molecule has 1 aromatic carbocycles. The summed E-state index contributed by atoms with van der Waals surface area (Å²) in [6.07, 6.45) is 1.76. The van der Waals surface area contributed by atoms with Gasteiger partial charge in [0.25, 0.3) is 11.7 Å². The number of pyridine rings is 1. The van der Waals surface area contributed by atoms with Crippen LogP contribution in [0, 0.1) is 6.92 Å². The van der Waals surface area contributed by atoms with E-state index in [1.807, 2.05) is 49.4 Å². The van der Waals surface area contributed by atoms with Crippen molar-refractivity contribution in [1.82, 2.24) is 14.3 Å². The summed E-state index contributed by atoms with van der Waals surface area (Å²) < 4.78 is 1.70. The van der Waals surface area contributed by atoms with Crippen molar-refractivity contribution < 1.29 is 9.59 Å². The van der Waals surface area contributed by atoms with Crippen molar-refractivity contribution in [3.63, 3.8) is 0 Å². The second-order valence-electron chi connectivity index (χ2n) is 5.59. The number of hydrogen-bond donors (Lipinski definition) is 0. The summed E-state index contributed by atoms with van der Waals surface area (Å²) in [7, 11) is 3.13. The van der Waals surface area contributed by atoms with E-state index in [4.69, 9.17) is 0 Å². The lowest BCUT2D eigenvalue weighted by Gasteiger charge is -2.10. The number of aromatic nitrogens is 2. The highest BCUT2D eigenvalue weighted by molar-refractivity contribution is 6.43. The van der Waals surface area contributed by atoms with Gasteiger partial charge in [0, 0.05) is 25.9 Å². The summed E-state index contributed by atoms with van der Waals surface area (Å²) >= 11 is 0. The average molecular weight is 307 g/mol. The molecule has 3 aromatic rings. The van der Waals surface area contributed by atoms with Crippen LogP contribution in [0.4, 0.5) is 0 Å². The summed E-state index contributed by atoms with van der Waals surface area (Å²) in [5, 5.41) is 0. The quantitative estimate of drug-likeness (QED) is 0.552. The number of nitrogens with zero attached hydrogens (tertiary/aromatic N) is 3. The third-order valence-corrected chi connectivity index (χ3v) is 3.71. The van der Waals surface area contributed by atoms with Crippen LogP contribution >= 0.6 is 0 Å². The van der Waals surface area contributed by atoms with Crippen LogP contribution < -0.4 is 0 Å². The predicted molar refractivity (Wildman–Crippen MR) is 88.4 cm³/mol. The van der Waals surface area contributed by atoms with E-state index in [2.05, 4.69) is 4.98 Å². The first-order valence-corrected chi connectivity index (χ1v) is 7.29. The number of carbonyl (C=O) groups excluding carboxylic acids is 2. The molecule has 0 aliphatic carbocycles. The number of hydrogen-bond acceptors (Lipinski definition) is 3. The number of likely N-dealkylation sites (N-methyl/N-ethyl adjacent to an activating group) is 1. The van der Waals surface area contributed by atoms with Crippen LogP contribution in [0.15, 0.2) is 48.7 Å². The number of benzene rings is 1. The molecule has 0 bridgehead atoms. The number of Topliss-reactive ketones (excluding diaryl/α,β-unsaturated/α-hetero) is 1. The minimum absolute atomic E-state index is 0.300. The lowest BCUT2D eigenvalue weighted by Crippen LogP contribution is -2.31. The summed E-state index contributed by atoms with van der Waals surface area (Å²) in [5.41, 5.74) is 3.27. The van der Waals surface area contributed by atoms with Crippen molar-refractivity contribution in [2.75, 3.05) is 14.1 Å². The molecule has 0 saturated heterocycles. The average Bonchev–Trinajstić information content (AvgIpc) is 2.95. The van der Waals surface area contributed by atoms with E-state index < -0.39 is 11.7 Å². The molecule has 23 heavy (non-hydrogen) atoms. The molecular formula is C18H17N3O2. The number of fused-ring (bicyclic) bond motifs is 1. The van der Waals surface area contributed by atoms with E-state index in [-0.39, 0.29) is 0 Å². The maximum absolute atomic E-state index is 12.7. The van der Waals surface area contributed by atoms with Gasteiger partial charge in [-0.1, -0.05) is 36.4 Å². The highest BCUT2D eigenvalue weighted by atomic mass is 16.2. The summed E-state index contributed by atoms with van der Waals surface area (Å²) in [4.78, 5) is 30.8. The van der Waals surface area contributed by atoms with Gasteiger partial charge in [-0.15, -0.1) is 0 Å². The lowest BCUT2D eigenvalue weighted by atomic mass is 10.1. The molecule has 0 N–H and O–H groups in total. The van der Waals surface area contributed by atoms with Crippen molar-refractivity contribution in [3.8, 4) is 11.3 Å². The van der Waals surface area contributed by atoms with E-state index in [0.717, 1.165) is 11.1 Å². The van der Waals surface area contributed by atoms with Gasteiger partial charge in [0.1, 0.15) is 17.0 Å². The number of imidazole rings is 1. The topological polar surface area (TPSA) is 54.7 Å². The summed E-state index contributed by atoms with van der Waals surface area (Å²) in [6.45, 7) is 1.93. The van der Waals surface area contributed by atoms with Crippen molar-refractivity contribution >= 4 is 17.3 Å². The van der Waals surface area contributed by atoms with E-state index in [1.54, 1.807) is 24.7 Å². The van der Waals surface area contributed by atoms with Gasteiger partial charge in [-0.2, -0.15) is 0 Å². The van der Waals surface area contributed by atoms with Gasteiger partial charge < -0.3 is 4.90 Å². The molecular weight excluding hydrogens is 290 g/mol. The van der Waals surface area contributed by atoms with Crippen LogP contribution in [-0.4, -0.2) is 40.1 Å². The normalized spacial score (nSPS) is 10.7. The number of ketones is 1. The number of rotatable bonds is 3. The minimum Gasteiger partial charge on any atom is -0.342 e. The molecule has 0 saturated carbocycles. The molecule has 0 unspecified atom stereocenters. The van der Waals surface area contributed by atoms with E-state index >= 15 is 0 Å². The van der Waals surface area contributed by atoms with Crippen LogP contribution in [0.5, 0.6) is 0 Å². The molecule has 116 valence electrons. The number of amides is 1. The van der Waals surface area contributed by atoms with Crippen LogP contribution in [0.2, 0.25) is 0 Å². The molecule has 1 amide bonds. The van der Waals surface area contributed by atoms with Crippen molar-refractivity contribution in [2.45, 2.75) is 6.92 Å². The molecule has 2 aromatic heterocycles. The Morgan fingerprint density at radius 3 is 2.39 bits per heavy atom. The Morgan fingerprint density at radius 2 is 1.74 bits per heavy atom. The highest BCUT2D eigenvalue weighted by Gasteiger charge is 2.27. The fourth-order valence-electron chi connectivity index (χ4n) is 2.52. The third-order valence-electron chi connectivity index (χ3n) is 3.71. The first-order chi connectivity index (χ1) is 11.0. The molecule has 0 atom stereocenters. The van der Waals surface area contributed by atoms with Crippen LogP contribution in [0.1, 0.15) is 16.1 Å². The van der Waals surface area contributed by atoms with E-state index in [0.29, 0.717) is 17.0 Å². The monoisotopic (exact) mass is 307 g/mol. The Balaban J connectivity index is 2.31. The first kappa shape index (κ1) is 15.0. The van der Waals surface area contributed by atoms with Crippen LogP contribution in [-0.2, 0) is 4.79 Å². The maximum Gasteiger partial charge on any atom is 0.296 e. The van der Waals surface area contributed by atoms with Gasteiger partial charge in [0.15, 0.2) is 0 Å². The molecule has 0 spiro atoms. The summed E-state index contributed by atoms with van der Waals surface area (Å²) in [5.74, 6) is -1.13. The van der Waals surface area contributed by atoms with Gasteiger partial charge >= 0.3 is 0 Å². The molecule has 0 fully saturated rings. The molecule has 2 heterocycles. The summed E-state index contributed by atoms with van der Waals surface area (Å²) in [6, 6.07) is 13.2. The second kappa shape index (κ2) is 5.68. The van der Waals surface area contributed by atoms with Crippen LogP contribution in [0.25, 0.3) is 16.9 Å².